The summed E-state index contributed by atoms with van der Waals surface area (Å²) < 4.78 is 0. The van der Waals surface area contributed by atoms with E-state index < -0.39 is 23.9 Å². The van der Waals surface area contributed by atoms with Crippen LogP contribution in [0.15, 0.2) is 30.3 Å². The lowest BCUT2D eigenvalue weighted by Crippen LogP contribution is -2.55. The minimum Gasteiger partial charge on any atom is -0.480 e. The monoisotopic (exact) mass is 578 g/mol. The van der Waals surface area contributed by atoms with Crippen LogP contribution in [0.1, 0.15) is 25.5 Å². The van der Waals surface area contributed by atoms with Crippen LogP contribution < -0.4 is 10.6 Å². The average molecular weight is 579 g/mol. The minimum absolute atomic E-state index is 0.125. The van der Waals surface area contributed by atoms with E-state index in [1.165, 1.54) is 6.92 Å². The number of rotatable bonds is 12. The summed E-state index contributed by atoms with van der Waals surface area (Å²) in [6.07, 6.45) is 0. The molecule has 2 atom stereocenters. The highest BCUT2D eigenvalue weighted by Gasteiger charge is 2.26. The summed E-state index contributed by atoms with van der Waals surface area (Å²) in [5, 5.41) is 33.8. The van der Waals surface area contributed by atoms with E-state index >= 15 is 0 Å². The number of carbonyl (C=O) groups is 5. The molecule has 14 heteroatoms. The Morgan fingerprint density at radius 3 is 1.44 bits per heavy atom. The van der Waals surface area contributed by atoms with Crippen LogP contribution in [0.3, 0.4) is 0 Å². The van der Waals surface area contributed by atoms with Crippen LogP contribution >= 0.6 is 0 Å². The van der Waals surface area contributed by atoms with Crippen molar-refractivity contribution < 1.29 is 39.3 Å². The third kappa shape index (κ3) is 13.5. The van der Waals surface area contributed by atoms with Crippen molar-refractivity contribution in [3.8, 4) is 0 Å². The Morgan fingerprint density at radius 2 is 1.07 bits per heavy atom. The number of hydrogen-bond acceptors (Lipinski definition) is 9. The van der Waals surface area contributed by atoms with Gasteiger partial charge in [0.05, 0.1) is 25.7 Å². The van der Waals surface area contributed by atoms with Gasteiger partial charge in [-0.1, -0.05) is 30.3 Å². The van der Waals surface area contributed by atoms with Crippen molar-refractivity contribution in [1.29, 1.82) is 0 Å². The van der Waals surface area contributed by atoms with Gasteiger partial charge >= 0.3 is 17.9 Å². The lowest BCUT2D eigenvalue weighted by molar-refractivity contribution is -0.140. The first-order valence-corrected chi connectivity index (χ1v) is 13.6. The third-order valence-electron chi connectivity index (χ3n) is 6.80. The molecular weight excluding hydrogens is 536 g/mol. The molecule has 0 aromatic heterocycles. The second-order valence-electron chi connectivity index (χ2n) is 10.2. The summed E-state index contributed by atoms with van der Waals surface area (Å²) in [4.78, 5) is 66.6. The zero-order chi connectivity index (χ0) is 30.4. The second kappa shape index (κ2) is 17.3. The van der Waals surface area contributed by atoms with Gasteiger partial charge in [-0.25, -0.2) is 0 Å². The fourth-order valence-corrected chi connectivity index (χ4v) is 4.65. The highest BCUT2D eigenvalue weighted by molar-refractivity contribution is 5.87. The lowest BCUT2D eigenvalue weighted by atomic mass is 10.1. The largest absolute Gasteiger partial charge is 0.480 e. The predicted molar refractivity (Wildman–Crippen MR) is 149 cm³/mol. The van der Waals surface area contributed by atoms with E-state index in [-0.39, 0.29) is 70.2 Å². The van der Waals surface area contributed by atoms with E-state index in [9.17, 15) is 39.3 Å². The summed E-state index contributed by atoms with van der Waals surface area (Å²) in [5.74, 6) is -3.83. The molecule has 0 bridgehead atoms. The normalized spacial score (nSPS) is 18.3. The quantitative estimate of drug-likeness (QED) is 0.201. The number of carboxylic acids is 3. The first-order chi connectivity index (χ1) is 19.4. The van der Waals surface area contributed by atoms with Crippen molar-refractivity contribution >= 4 is 29.7 Å². The Kier molecular flexibility index (Phi) is 14.2. The van der Waals surface area contributed by atoms with Gasteiger partial charge in [0.2, 0.25) is 11.8 Å². The smallest absolute Gasteiger partial charge is 0.317 e. The van der Waals surface area contributed by atoms with Crippen molar-refractivity contribution in [2.24, 2.45) is 0 Å². The van der Waals surface area contributed by atoms with Crippen molar-refractivity contribution in [2.45, 2.75) is 25.9 Å². The van der Waals surface area contributed by atoms with E-state index in [0.717, 1.165) is 5.56 Å². The molecule has 1 saturated heterocycles. The standard InChI is InChI=1S/C27H42N6O8/c1-20(22-6-4-3-5-7-22)28-27(41)23(29-21(2)34)16-30-8-10-31(17-24(35)36)12-14-33(19-26(39)40)15-13-32(11-9-30)18-25(37)38/h3-7,20,23H,8-19H2,1-2H3,(H,28,41)(H,29,34)(H,35,36)(H,37,38)(H,39,40)/t20-,23?/m1/s1. The molecule has 1 aliphatic heterocycles. The van der Waals surface area contributed by atoms with Gasteiger partial charge in [0.15, 0.2) is 0 Å². The Balaban J connectivity index is 2.23. The lowest BCUT2D eigenvalue weighted by Gasteiger charge is -2.34. The van der Waals surface area contributed by atoms with Gasteiger partial charge in [0.1, 0.15) is 6.04 Å². The first kappa shape index (κ1) is 33.6. The van der Waals surface area contributed by atoms with Gasteiger partial charge in [0.25, 0.3) is 0 Å². The van der Waals surface area contributed by atoms with Gasteiger partial charge in [-0.05, 0) is 12.5 Å². The summed E-state index contributed by atoms with van der Waals surface area (Å²) in [5.41, 5.74) is 0.902. The Bertz CT molecular complexity index is 994. The molecule has 1 aromatic rings. The topological polar surface area (TPSA) is 183 Å². The summed E-state index contributed by atoms with van der Waals surface area (Å²) >= 11 is 0. The van der Waals surface area contributed by atoms with Crippen LogP contribution in [-0.4, -0.2) is 149 Å². The fourth-order valence-electron chi connectivity index (χ4n) is 4.65. The molecule has 0 aliphatic carbocycles. The zero-order valence-electron chi connectivity index (χ0n) is 23.7. The molecule has 0 saturated carbocycles. The van der Waals surface area contributed by atoms with Crippen LogP contribution in [0, 0.1) is 0 Å². The van der Waals surface area contributed by atoms with Crippen molar-refractivity contribution in [1.82, 2.24) is 30.2 Å². The molecule has 1 unspecified atom stereocenters. The molecule has 0 radical (unpaired) electrons. The van der Waals surface area contributed by atoms with Crippen LogP contribution in [-0.2, 0) is 24.0 Å². The Morgan fingerprint density at radius 1 is 0.683 bits per heavy atom. The van der Waals surface area contributed by atoms with Crippen molar-refractivity contribution in [3.05, 3.63) is 35.9 Å². The maximum atomic E-state index is 13.3. The molecule has 41 heavy (non-hydrogen) atoms. The Hall–Kier alpha value is -3.59. The second-order valence-corrected chi connectivity index (χ2v) is 10.2. The van der Waals surface area contributed by atoms with Crippen LogP contribution in [0.4, 0.5) is 0 Å². The van der Waals surface area contributed by atoms with E-state index in [1.54, 1.807) is 14.7 Å². The van der Waals surface area contributed by atoms with Gasteiger partial charge < -0.3 is 26.0 Å². The molecule has 228 valence electrons. The number of nitrogens with zero attached hydrogens (tertiary/aromatic N) is 4. The molecular formula is C27H42N6O8. The number of amides is 2. The fraction of sp³-hybridized carbons (Fsp3) is 0.593. The van der Waals surface area contributed by atoms with Crippen molar-refractivity contribution in [3.63, 3.8) is 0 Å². The molecule has 0 spiro atoms. The van der Waals surface area contributed by atoms with E-state index in [0.29, 0.717) is 26.2 Å². The van der Waals surface area contributed by atoms with Gasteiger partial charge in [-0.15, -0.1) is 0 Å². The molecule has 2 amide bonds. The highest BCUT2D eigenvalue weighted by atomic mass is 16.4. The third-order valence-corrected chi connectivity index (χ3v) is 6.80. The first-order valence-electron chi connectivity index (χ1n) is 13.6. The highest BCUT2D eigenvalue weighted by Crippen LogP contribution is 2.11. The molecule has 1 fully saturated rings. The zero-order valence-corrected chi connectivity index (χ0v) is 23.7. The molecule has 1 heterocycles. The summed E-state index contributed by atoms with van der Waals surface area (Å²) in [6.45, 7) is 4.99. The van der Waals surface area contributed by atoms with Crippen LogP contribution in [0.5, 0.6) is 0 Å². The van der Waals surface area contributed by atoms with Gasteiger partial charge in [-0.2, -0.15) is 0 Å². The van der Waals surface area contributed by atoms with E-state index in [1.807, 2.05) is 42.2 Å². The number of carbonyl (C=O) groups excluding carboxylic acids is 2. The molecule has 5 N–H and O–H groups in total. The van der Waals surface area contributed by atoms with Gasteiger partial charge in [-0.3, -0.25) is 43.6 Å². The Labute approximate surface area is 239 Å². The summed E-state index contributed by atoms with van der Waals surface area (Å²) in [6, 6.07) is 8.18. The summed E-state index contributed by atoms with van der Waals surface area (Å²) in [7, 11) is 0. The number of nitrogens with one attached hydrogen (secondary N) is 2. The number of benzene rings is 1. The number of carboxylic acid groups (broad SMARTS) is 3. The minimum atomic E-state index is -1.03. The molecule has 14 nitrogen and oxygen atoms in total. The molecule has 2 rings (SSSR count). The van der Waals surface area contributed by atoms with Crippen molar-refractivity contribution in [2.75, 3.05) is 78.5 Å². The molecule has 1 aromatic carbocycles. The van der Waals surface area contributed by atoms with Gasteiger partial charge in [0, 0.05) is 65.8 Å². The predicted octanol–water partition coefficient (Wildman–Crippen LogP) is -1.16. The maximum absolute atomic E-state index is 13.3. The van der Waals surface area contributed by atoms with E-state index in [4.69, 9.17) is 0 Å². The van der Waals surface area contributed by atoms with Crippen LogP contribution in [0.25, 0.3) is 0 Å². The number of aliphatic carboxylic acids is 3. The molecule has 1 aliphatic rings. The maximum Gasteiger partial charge on any atom is 0.317 e. The number of hydrogen-bond donors (Lipinski definition) is 5. The van der Waals surface area contributed by atoms with E-state index in [2.05, 4.69) is 10.6 Å². The SMILES string of the molecule is CC(=O)NC(CN1CCN(CC(=O)O)CCN(CC(=O)O)CCN(CC(=O)O)CC1)C(=O)N[C@H](C)c1ccccc1. The van der Waals surface area contributed by atoms with Crippen LogP contribution in [0.2, 0.25) is 0 Å². The average Bonchev–Trinajstić information content (AvgIpc) is 2.88.